The molecule has 0 fully saturated rings. The number of fused-ring (bicyclic) bond motifs is 1. The molecule has 3 aromatic carbocycles. The Labute approximate surface area is 196 Å². The highest BCUT2D eigenvalue weighted by atomic mass is 19.1. The molecule has 0 saturated heterocycles. The van der Waals surface area contributed by atoms with Crippen molar-refractivity contribution in [1.82, 2.24) is 15.1 Å². The minimum atomic E-state index is -0.339. The Kier molecular flexibility index (Phi) is 6.27. The van der Waals surface area contributed by atoms with Gasteiger partial charge in [-0.3, -0.25) is 9.59 Å². The van der Waals surface area contributed by atoms with Crippen LogP contribution < -0.4 is 15.6 Å². The third-order valence-corrected chi connectivity index (χ3v) is 5.58. The Balaban J connectivity index is 1.98. The van der Waals surface area contributed by atoms with Crippen LogP contribution in [-0.2, 0) is 18.4 Å². The molecule has 4 aromatic rings. The van der Waals surface area contributed by atoms with Gasteiger partial charge >= 0.3 is 0 Å². The van der Waals surface area contributed by atoms with E-state index in [4.69, 9.17) is 4.74 Å². The minimum Gasteiger partial charge on any atom is -0.456 e. The molecule has 0 unspecified atom stereocenters. The molecule has 1 amide bonds. The first-order valence-electron chi connectivity index (χ1n) is 10.7. The lowest BCUT2D eigenvalue weighted by atomic mass is 9.98. The number of hydrogen-bond donors (Lipinski definition) is 1. The van der Waals surface area contributed by atoms with Gasteiger partial charge in [0.25, 0.3) is 5.56 Å². The fourth-order valence-corrected chi connectivity index (χ4v) is 3.98. The molecule has 0 aliphatic carbocycles. The maximum absolute atomic E-state index is 13.9. The standard InChI is InChI=1S/C27H24FN3O3/c1-5-23(32)29-15-18-9-8-12-22(34-26-16(2)13-19(28)14-17(26)3)24(18)25-20-10-6-7-11-21(20)27(33)31(4)30-25/h5-14H,1,15H2,2-4H3,(H,29,32). The molecule has 0 saturated carbocycles. The van der Waals surface area contributed by atoms with E-state index in [-0.39, 0.29) is 23.8 Å². The van der Waals surface area contributed by atoms with E-state index >= 15 is 0 Å². The lowest BCUT2D eigenvalue weighted by Crippen LogP contribution is -2.22. The number of aromatic nitrogens is 2. The summed E-state index contributed by atoms with van der Waals surface area (Å²) >= 11 is 0. The number of nitrogens with zero attached hydrogens (tertiary/aromatic N) is 2. The molecule has 4 rings (SSSR count). The summed E-state index contributed by atoms with van der Waals surface area (Å²) in [6, 6.07) is 15.5. The number of amides is 1. The predicted octanol–water partition coefficient (Wildman–Crippen LogP) is 4.95. The van der Waals surface area contributed by atoms with Gasteiger partial charge in [-0.2, -0.15) is 5.10 Å². The van der Waals surface area contributed by atoms with Crippen LogP contribution in [-0.4, -0.2) is 15.7 Å². The molecule has 34 heavy (non-hydrogen) atoms. The molecule has 0 bridgehead atoms. The van der Waals surface area contributed by atoms with E-state index in [0.29, 0.717) is 44.7 Å². The van der Waals surface area contributed by atoms with Gasteiger partial charge in [0.05, 0.1) is 10.9 Å². The van der Waals surface area contributed by atoms with Crippen molar-refractivity contribution in [2.45, 2.75) is 20.4 Å². The molecule has 7 heteroatoms. The summed E-state index contributed by atoms with van der Waals surface area (Å²) in [5, 5.41) is 8.54. The van der Waals surface area contributed by atoms with Gasteiger partial charge in [0.1, 0.15) is 23.0 Å². The molecule has 0 aliphatic rings. The zero-order valence-electron chi connectivity index (χ0n) is 19.2. The molecule has 0 atom stereocenters. The Morgan fingerprint density at radius 2 is 1.79 bits per heavy atom. The van der Waals surface area contributed by atoms with Crippen molar-refractivity contribution in [3.05, 3.63) is 100 Å². The first-order chi connectivity index (χ1) is 16.3. The number of hydrogen-bond acceptors (Lipinski definition) is 4. The first-order valence-corrected chi connectivity index (χ1v) is 10.7. The highest BCUT2D eigenvalue weighted by Gasteiger charge is 2.20. The van der Waals surface area contributed by atoms with E-state index < -0.39 is 0 Å². The Morgan fingerprint density at radius 1 is 1.12 bits per heavy atom. The van der Waals surface area contributed by atoms with Crippen LogP contribution in [0.2, 0.25) is 0 Å². The van der Waals surface area contributed by atoms with Crippen LogP contribution in [0.25, 0.3) is 22.0 Å². The van der Waals surface area contributed by atoms with E-state index in [9.17, 15) is 14.0 Å². The third kappa shape index (κ3) is 4.32. The van der Waals surface area contributed by atoms with Gasteiger partial charge in [-0.05, 0) is 60.9 Å². The molecule has 0 radical (unpaired) electrons. The van der Waals surface area contributed by atoms with Crippen molar-refractivity contribution in [3.8, 4) is 22.8 Å². The number of benzene rings is 3. The lowest BCUT2D eigenvalue weighted by molar-refractivity contribution is -0.116. The second-order valence-corrected chi connectivity index (χ2v) is 8.01. The molecule has 172 valence electrons. The second-order valence-electron chi connectivity index (χ2n) is 8.01. The molecule has 1 N–H and O–H groups in total. The average molecular weight is 458 g/mol. The average Bonchev–Trinajstić information content (AvgIpc) is 2.82. The van der Waals surface area contributed by atoms with Gasteiger partial charge < -0.3 is 10.1 Å². The SMILES string of the molecule is C=CC(=O)NCc1cccc(Oc2c(C)cc(F)cc2C)c1-c1nn(C)c(=O)c2ccccc12. The van der Waals surface area contributed by atoms with Crippen molar-refractivity contribution < 1.29 is 13.9 Å². The normalized spacial score (nSPS) is 10.8. The molecule has 1 aromatic heterocycles. The van der Waals surface area contributed by atoms with Crippen LogP contribution in [0.15, 0.2) is 72.0 Å². The van der Waals surface area contributed by atoms with Gasteiger partial charge in [0, 0.05) is 19.0 Å². The van der Waals surface area contributed by atoms with Crippen molar-refractivity contribution in [2.24, 2.45) is 7.05 Å². The molecule has 0 spiro atoms. The van der Waals surface area contributed by atoms with Crippen LogP contribution in [0.1, 0.15) is 16.7 Å². The summed E-state index contributed by atoms with van der Waals surface area (Å²) in [6.45, 7) is 7.24. The quantitative estimate of drug-likeness (QED) is 0.416. The van der Waals surface area contributed by atoms with Crippen molar-refractivity contribution in [1.29, 1.82) is 0 Å². The number of carbonyl (C=O) groups excluding carboxylic acids is 1. The summed E-state index contributed by atoms with van der Waals surface area (Å²) in [7, 11) is 1.59. The summed E-state index contributed by atoms with van der Waals surface area (Å²) < 4.78 is 21.5. The van der Waals surface area contributed by atoms with Gasteiger partial charge in [-0.15, -0.1) is 0 Å². The van der Waals surface area contributed by atoms with Crippen LogP contribution in [0.5, 0.6) is 11.5 Å². The van der Waals surface area contributed by atoms with Crippen LogP contribution in [0.4, 0.5) is 4.39 Å². The maximum atomic E-state index is 13.9. The van der Waals surface area contributed by atoms with Crippen molar-refractivity contribution in [2.75, 3.05) is 0 Å². The predicted molar refractivity (Wildman–Crippen MR) is 130 cm³/mol. The van der Waals surface area contributed by atoms with Crippen LogP contribution in [0, 0.1) is 19.7 Å². The van der Waals surface area contributed by atoms with Gasteiger partial charge in [0.15, 0.2) is 0 Å². The van der Waals surface area contributed by atoms with Gasteiger partial charge in [-0.25, -0.2) is 9.07 Å². The molecule has 0 aliphatic heterocycles. The summed E-state index contributed by atoms with van der Waals surface area (Å²) in [6.07, 6.45) is 1.20. The zero-order valence-corrected chi connectivity index (χ0v) is 19.2. The van der Waals surface area contributed by atoms with E-state index in [2.05, 4.69) is 17.0 Å². The van der Waals surface area contributed by atoms with Crippen molar-refractivity contribution in [3.63, 3.8) is 0 Å². The Hall–Kier alpha value is -4.26. The number of rotatable bonds is 6. The molecular weight excluding hydrogens is 433 g/mol. The van der Waals surface area contributed by atoms with E-state index in [1.165, 1.54) is 22.9 Å². The lowest BCUT2D eigenvalue weighted by Gasteiger charge is -2.19. The topological polar surface area (TPSA) is 73.2 Å². The van der Waals surface area contributed by atoms with Crippen LogP contribution >= 0.6 is 0 Å². The molecular formula is C27H24FN3O3. The largest absolute Gasteiger partial charge is 0.456 e. The minimum absolute atomic E-state index is 0.192. The highest BCUT2D eigenvalue weighted by molar-refractivity contribution is 5.96. The maximum Gasteiger partial charge on any atom is 0.274 e. The monoisotopic (exact) mass is 457 g/mol. The van der Waals surface area contributed by atoms with E-state index in [1.807, 2.05) is 24.3 Å². The second kappa shape index (κ2) is 9.31. The molecule has 1 heterocycles. The first kappa shape index (κ1) is 22.9. The fraction of sp³-hybridized carbons (Fsp3) is 0.148. The smallest absolute Gasteiger partial charge is 0.274 e. The van der Waals surface area contributed by atoms with Gasteiger partial charge in [-0.1, -0.05) is 36.9 Å². The summed E-state index contributed by atoms with van der Waals surface area (Å²) in [5.41, 5.74) is 2.97. The summed E-state index contributed by atoms with van der Waals surface area (Å²) in [5.74, 6) is 0.346. The van der Waals surface area contributed by atoms with Crippen LogP contribution in [0.3, 0.4) is 0 Å². The van der Waals surface area contributed by atoms with E-state index in [1.54, 1.807) is 39.1 Å². The molecule has 6 nitrogen and oxygen atoms in total. The van der Waals surface area contributed by atoms with Crippen molar-refractivity contribution >= 4 is 16.7 Å². The number of nitrogens with one attached hydrogen (secondary N) is 1. The highest BCUT2D eigenvalue weighted by Crippen LogP contribution is 2.39. The number of carbonyl (C=O) groups is 1. The summed E-state index contributed by atoms with van der Waals surface area (Å²) in [4.78, 5) is 24.6. The van der Waals surface area contributed by atoms with E-state index in [0.717, 1.165) is 5.56 Å². The number of ether oxygens (including phenoxy) is 1. The Bertz CT molecular complexity index is 1470. The Morgan fingerprint density at radius 3 is 2.47 bits per heavy atom. The van der Waals surface area contributed by atoms with Gasteiger partial charge in [0.2, 0.25) is 5.91 Å². The fourth-order valence-electron chi connectivity index (χ4n) is 3.98. The number of aryl methyl sites for hydroxylation is 3. The number of halogens is 1. The third-order valence-electron chi connectivity index (χ3n) is 5.58. The zero-order chi connectivity index (χ0) is 24.4.